The third kappa shape index (κ3) is 3.23. The lowest BCUT2D eigenvalue weighted by atomic mass is 9.85. The first-order valence-corrected chi connectivity index (χ1v) is 7.91. The van der Waals surface area contributed by atoms with Crippen LogP contribution in [-0.4, -0.2) is 22.1 Å². The number of hydrogen-bond acceptors (Lipinski definition) is 5. The van der Waals surface area contributed by atoms with Gasteiger partial charge in [-0.25, -0.2) is 0 Å². The number of nitrogens with one attached hydrogen (secondary N) is 1. The average Bonchev–Trinajstić information content (AvgIpc) is 3.05. The van der Waals surface area contributed by atoms with Gasteiger partial charge in [-0.05, 0) is 18.3 Å². The van der Waals surface area contributed by atoms with Crippen LogP contribution in [0.2, 0.25) is 0 Å². The van der Waals surface area contributed by atoms with Crippen molar-refractivity contribution < 1.29 is 4.79 Å². The molecule has 2 aliphatic rings. The molecule has 0 radical (unpaired) electrons. The lowest BCUT2D eigenvalue weighted by Gasteiger charge is -2.21. The number of amides is 1. The number of nitrogens with zero attached hydrogens (tertiary/aromatic N) is 2. The molecule has 6 heteroatoms. The summed E-state index contributed by atoms with van der Waals surface area (Å²) in [6, 6.07) is 0.404. The molecule has 1 heterocycles. The maximum atomic E-state index is 11.9. The second kappa shape index (κ2) is 5.45. The molecule has 2 fully saturated rings. The van der Waals surface area contributed by atoms with Crippen molar-refractivity contribution >= 4 is 22.4 Å². The first-order chi connectivity index (χ1) is 9.22. The Labute approximate surface area is 117 Å². The van der Waals surface area contributed by atoms with Crippen LogP contribution in [0.1, 0.15) is 43.5 Å². The van der Waals surface area contributed by atoms with Crippen LogP contribution < -0.4 is 11.1 Å². The molecule has 3 rings (SSSR count). The fourth-order valence-corrected chi connectivity index (χ4v) is 3.81. The van der Waals surface area contributed by atoms with Crippen LogP contribution in [0.25, 0.3) is 0 Å². The number of carbonyl (C=O) groups is 1. The summed E-state index contributed by atoms with van der Waals surface area (Å²) in [7, 11) is 0. The van der Waals surface area contributed by atoms with E-state index in [2.05, 4.69) is 15.5 Å². The van der Waals surface area contributed by atoms with Gasteiger partial charge in [0.1, 0.15) is 5.01 Å². The Bertz CT molecular complexity index is 455. The van der Waals surface area contributed by atoms with E-state index in [-0.39, 0.29) is 5.91 Å². The van der Waals surface area contributed by atoms with Crippen LogP contribution in [0.3, 0.4) is 0 Å². The first-order valence-electron chi connectivity index (χ1n) is 7.09. The van der Waals surface area contributed by atoms with Crippen LogP contribution >= 0.6 is 11.3 Å². The zero-order valence-electron chi connectivity index (χ0n) is 11.0. The van der Waals surface area contributed by atoms with E-state index in [0.29, 0.717) is 22.6 Å². The Balaban J connectivity index is 1.44. The zero-order chi connectivity index (χ0) is 13.2. The highest BCUT2D eigenvalue weighted by Gasteiger charge is 2.43. The van der Waals surface area contributed by atoms with Crippen molar-refractivity contribution in [3.8, 4) is 0 Å². The zero-order valence-corrected chi connectivity index (χ0v) is 11.8. The lowest BCUT2D eigenvalue weighted by molar-refractivity contribution is -0.120. The minimum absolute atomic E-state index is 0.0551. The van der Waals surface area contributed by atoms with Crippen molar-refractivity contribution in [3.63, 3.8) is 0 Å². The monoisotopic (exact) mass is 280 g/mol. The van der Waals surface area contributed by atoms with E-state index >= 15 is 0 Å². The second-order valence-electron chi connectivity index (χ2n) is 5.68. The minimum atomic E-state index is 0.0551. The molecule has 0 bridgehead atoms. The van der Waals surface area contributed by atoms with Gasteiger partial charge in [-0.15, -0.1) is 10.2 Å². The minimum Gasteiger partial charge on any atom is -0.374 e. The quantitative estimate of drug-likeness (QED) is 0.880. The summed E-state index contributed by atoms with van der Waals surface area (Å²) in [4.78, 5) is 11.9. The highest BCUT2D eigenvalue weighted by molar-refractivity contribution is 7.15. The summed E-state index contributed by atoms with van der Waals surface area (Å²) in [5, 5.41) is 11.8. The van der Waals surface area contributed by atoms with Crippen molar-refractivity contribution in [2.45, 2.75) is 51.0 Å². The van der Waals surface area contributed by atoms with Gasteiger partial charge in [-0.2, -0.15) is 0 Å². The molecular formula is C13H20N4OS. The maximum absolute atomic E-state index is 11.9. The summed E-state index contributed by atoms with van der Waals surface area (Å²) in [5.74, 6) is 1.62. The van der Waals surface area contributed by atoms with Gasteiger partial charge in [0.2, 0.25) is 11.0 Å². The Kier molecular flexibility index (Phi) is 3.68. The standard InChI is InChI=1S/C13H20N4OS/c14-13-17-16-12(19-13)7-11(18)15-10-6-9(10)8-4-2-1-3-5-8/h8-10H,1-7H2,(H2,14,17)(H,15,18)/t9-,10+/m0/s1. The third-order valence-corrected chi connectivity index (χ3v) is 4.99. The Hall–Kier alpha value is -1.17. The van der Waals surface area contributed by atoms with E-state index in [9.17, 15) is 4.79 Å². The molecule has 0 unspecified atom stereocenters. The fourth-order valence-electron chi connectivity index (χ4n) is 3.20. The molecule has 0 aromatic carbocycles. The summed E-state index contributed by atoms with van der Waals surface area (Å²) in [6.45, 7) is 0. The van der Waals surface area contributed by atoms with Gasteiger partial charge in [0.15, 0.2) is 0 Å². The van der Waals surface area contributed by atoms with Crippen molar-refractivity contribution in [2.75, 3.05) is 5.73 Å². The van der Waals surface area contributed by atoms with Gasteiger partial charge in [0, 0.05) is 6.04 Å². The van der Waals surface area contributed by atoms with Crippen molar-refractivity contribution in [2.24, 2.45) is 11.8 Å². The molecule has 3 N–H and O–H groups in total. The van der Waals surface area contributed by atoms with Crippen LogP contribution in [-0.2, 0) is 11.2 Å². The normalized spacial score (nSPS) is 27.2. The Morgan fingerprint density at radius 1 is 1.32 bits per heavy atom. The summed E-state index contributed by atoms with van der Waals surface area (Å²) < 4.78 is 0. The largest absolute Gasteiger partial charge is 0.374 e. The molecule has 1 amide bonds. The fraction of sp³-hybridized carbons (Fsp3) is 0.769. The summed E-state index contributed by atoms with van der Waals surface area (Å²) >= 11 is 1.29. The maximum Gasteiger partial charge on any atom is 0.227 e. The van der Waals surface area contributed by atoms with Crippen LogP contribution in [0.15, 0.2) is 0 Å². The molecular weight excluding hydrogens is 260 g/mol. The number of rotatable bonds is 4. The molecule has 104 valence electrons. The molecule has 1 aromatic heterocycles. The van der Waals surface area contributed by atoms with E-state index in [1.807, 2.05) is 0 Å². The van der Waals surface area contributed by atoms with E-state index < -0.39 is 0 Å². The Morgan fingerprint density at radius 2 is 2.11 bits per heavy atom. The van der Waals surface area contributed by atoms with E-state index in [1.165, 1.54) is 43.4 Å². The molecule has 0 saturated heterocycles. The van der Waals surface area contributed by atoms with E-state index in [0.717, 1.165) is 18.3 Å². The van der Waals surface area contributed by atoms with E-state index in [1.54, 1.807) is 0 Å². The number of hydrogen-bond donors (Lipinski definition) is 2. The van der Waals surface area contributed by atoms with Gasteiger partial charge >= 0.3 is 0 Å². The number of anilines is 1. The molecule has 19 heavy (non-hydrogen) atoms. The van der Waals surface area contributed by atoms with Gasteiger partial charge < -0.3 is 11.1 Å². The average molecular weight is 280 g/mol. The van der Waals surface area contributed by atoms with Crippen molar-refractivity contribution in [3.05, 3.63) is 5.01 Å². The van der Waals surface area contributed by atoms with Gasteiger partial charge in [0.25, 0.3) is 0 Å². The smallest absolute Gasteiger partial charge is 0.227 e. The highest BCUT2D eigenvalue weighted by Crippen LogP contribution is 2.44. The predicted molar refractivity (Wildman–Crippen MR) is 74.6 cm³/mol. The molecule has 2 saturated carbocycles. The third-order valence-electron chi connectivity index (χ3n) is 4.24. The first kappa shape index (κ1) is 12.8. The molecule has 1 aromatic rings. The van der Waals surface area contributed by atoms with Gasteiger partial charge in [-0.3, -0.25) is 4.79 Å². The van der Waals surface area contributed by atoms with Gasteiger partial charge in [0.05, 0.1) is 6.42 Å². The molecule has 2 atom stereocenters. The topological polar surface area (TPSA) is 80.9 Å². The lowest BCUT2D eigenvalue weighted by Crippen LogP contribution is -2.29. The predicted octanol–water partition coefficient (Wildman–Crippen LogP) is 1.75. The Morgan fingerprint density at radius 3 is 2.79 bits per heavy atom. The van der Waals surface area contributed by atoms with Crippen molar-refractivity contribution in [1.29, 1.82) is 0 Å². The van der Waals surface area contributed by atoms with Crippen LogP contribution in [0.5, 0.6) is 0 Å². The highest BCUT2D eigenvalue weighted by atomic mass is 32.1. The van der Waals surface area contributed by atoms with E-state index in [4.69, 9.17) is 5.73 Å². The number of nitrogens with two attached hydrogens (primary N) is 1. The summed E-state index contributed by atoms with van der Waals surface area (Å²) in [6.07, 6.45) is 8.29. The van der Waals surface area contributed by atoms with Crippen LogP contribution in [0.4, 0.5) is 5.13 Å². The number of carbonyl (C=O) groups excluding carboxylic acids is 1. The molecule has 5 nitrogen and oxygen atoms in total. The number of aromatic nitrogens is 2. The SMILES string of the molecule is Nc1nnc(CC(=O)N[C@@H]2C[C@H]2C2CCCCC2)s1. The molecule has 0 spiro atoms. The molecule has 0 aliphatic heterocycles. The summed E-state index contributed by atoms with van der Waals surface area (Å²) in [5.41, 5.74) is 5.50. The van der Waals surface area contributed by atoms with Gasteiger partial charge in [-0.1, -0.05) is 43.4 Å². The molecule has 2 aliphatic carbocycles. The second-order valence-corrected chi connectivity index (χ2v) is 6.78. The van der Waals surface area contributed by atoms with Crippen LogP contribution in [0, 0.1) is 11.8 Å². The number of nitrogen functional groups attached to an aromatic ring is 1. The van der Waals surface area contributed by atoms with Crippen molar-refractivity contribution in [1.82, 2.24) is 15.5 Å².